The molecule has 0 bridgehead atoms. The van der Waals surface area contributed by atoms with E-state index in [1.165, 1.54) is 0 Å². The third-order valence-electron chi connectivity index (χ3n) is 4.70. The van der Waals surface area contributed by atoms with Crippen molar-refractivity contribution in [2.24, 2.45) is 0 Å². The highest BCUT2D eigenvalue weighted by molar-refractivity contribution is 6.04. The van der Waals surface area contributed by atoms with Crippen molar-refractivity contribution in [3.63, 3.8) is 0 Å². The van der Waals surface area contributed by atoms with Crippen LogP contribution in [0.2, 0.25) is 0 Å². The molecule has 3 heterocycles. The molecule has 1 fully saturated rings. The number of fused-ring (bicyclic) bond motifs is 1. The van der Waals surface area contributed by atoms with E-state index in [1.54, 1.807) is 0 Å². The van der Waals surface area contributed by atoms with Gasteiger partial charge in [0, 0.05) is 30.3 Å². The molecule has 2 aromatic heterocycles. The highest BCUT2D eigenvalue weighted by Gasteiger charge is 2.30. The first kappa shape index (κ1) is 15.8. The fraction of sp³-hybridized carbons (Fsp3) is 0.444. The van der Waals surface area contributed by atoms with Crippen molar-refractivity contribution in [1.29, 1.82) is 0 Å². The van der Waals surface area contributed by atoms with Gasteiger partial charge in [0.2, 0.25) is 5.89 Å². The Balaban J connectivity index is 1.55. The number of likely N-dealkylation sites (tertiary alicyclic amines) is 1. The molecule has 7 heteroatoms. The fourth-order valence-electron chi connectivity index (χ4n) is 3.30. The van der Waals surface area contributed by atoms with Crippen LogP contribution in [0.25, 0.3) is 10.9 Å². The van der Waals surface area contributed by atoms with Crippen LogP contribution in [-0.4, -0.2) is 44.2 Å². The lowest BCUT2D eigenvalue weighted by Gasteiger charge is -2.30. The van der Waals surface area contributed by atoms with Crippen molar-refractivity contribution in [2.75, 3.05) is 13.1 Å². The van der Waals surface area contributed by atoms with Crippen molar-refractivity contribution in [3.8, 4) is 0 Å². The Morgan fingerprint density at radius 2 is 2.20 bits per heavy atom. The summed E-state index contributed by atoms with van der Waals surface area (Å²) >= 11 is 0. The van der Waals surface area contributed by atoms with Crippen molar-refractivity contribution in [2.45, 2.75) is 38.5 Å². The lowest BCUT2D eigenvalue weighted by molar-refractivity contribution is 0.0699. The monoisotopic (exact) mass is 339 g/mol. The van der Waals surface area contributed by atoms with Gasteiger partial charge < -0.3 is 9.42 Å². The van der Waals surface area contributed by atoms with E-state index in [1.807, 2.05) is 43.0 Å². The zero-order valence-electron chi connectivity index (χ0n) is 14.4. The standard InChI is InChI=1S/C18H21N5O2/c1-11(2)17-19-16(22-25-17)12-6-5-9-23(10-12)18(24)15-13-7-3-4-8-14(13)20-21-15/h3-4,7-8,11-12H,5-6,9-10H2,1-2H3,(H,20,21)/t12-/m0/s1. The maximum absolute atomic E-state index is 12.9. The number of rotatable bonds is 3. The summed E-state index contributed by atoms with van der Waals surface area (Å²) in [5, 5.41) is 12.1. The summed E-state index contributed by atoms with van der Waals surface area (Å²) in [5.74, 6) is 1.62. The second-order valence-corrected chi connectivity index (χ2v) is 6.85. The molecule has 130 valence electrons. The third-order valence-corrected chi connectivity index (χ3v) is 4.70. The van der Waals surface area contributed by atoms with Crippen LogP contribution < -0.4 is 0 Å². The number of nitrogens with one attached hydrogen (secondary N) is 1. The second kappa shape index (κ2) is 6.31. The van der Waals surface area contributed by atoms with Gasteiger partial charge in [-0.2, -0.15) is 10.1 Å². The number of hydrogen-bond acceptors (Lipinski definition) is 5. The van der Waals surface area contributed by atoms with Crippen LogP contribution in [0.3, 0.4) is 0 Å². The number of nitrogens with zero attached hydrogens (tertiary/aromatic N) is 4. The van der Waals surface area contributed by atoms with Crippen LogP contribution >= 0.6 is 0 Å². The Labute approximate surface area is 145 Å². The molecule has 1 saturated heterocycles. The van der Waals surface area contributed by atoms with Gasteiger partial charge in [-0.15, -0.1) is 0 Å². The Morgan fingerprint density at radius 3 is 3.00 bits per heavy atom. The van der Waals surface area contributed by atoms with Crippen molar-refractivity contribution in [3.05, 3.63) is 41.7 Å². The smallest absolute Gasteiger partial charge is 0.275 e. The summed E-state index contributed by atoms with van der Waals surface area (Å²) in [4.78, 5) is 19.3. The highest BCUT2D eigenvalue weighted by atomic mass is 16.5. The molecule has 4 rings (SSSR count). The molecule has 1 atom stereocenters. The zero-order chi connectivity index (χ0) is 17.4. The van der Waals surface area contributed by atoms with Crippen molar-refractivity contribution in [1.82, 2.24) is 25.2 Å². The number of amides is 1. The van der Waals surface area contributed by atoms with Gasteiger partial charge in [-0.3, -0.25) is 9.89 Å². The summed E-state index contributed by atoms with van der Waals surface area (Å²) < 4.78 is 5.32. The molecule has 0 saturated carbocycles. The molecule has 3 aromatic rings. The van der Waals surface area contributed by atoms with Crippen LogP contribution in [0, 0.1) is 0 Å². The molecule has 0 radical (unpaired) electrons. The average Bonchev–Trinajstić information content (AvgIpc) is 3.28. The van der Waals surface area contributed by atoms with Gasteiger partial charge in [0.25, 0.3) is 5.91 Å². The number of carbonyl (C=O) groups is 1. The number of hydrogen-bond donors (Lipinski definition) is 1. The van der Waals surface area contributed by atoms with Crippen molar-refractivity contribution >= 4 is 16.8 Å². The van der Waals surface area contributed by atoms with Gasteiger partial charge >= 0.3 is 0 Å². The average molecular weight is 339 g/mol. The molecular formula is C18H21N5O2. The van der Waals surface area contributed by atoms with Gasteiger partial charge in [-0.1, -0.05) is 37.2 Å². The summed E-state index contributed by atoms with van der Waals surface area (Å²) in [6.45, 7) is 5.37. The Morgan fingerprint density at radius 1 is 1.36 bits per heavy atom. The third kappa shape index (κ3) is 2.90. The second-order valence-electron chi connectivity index (χ2n) is 6.85. The topological polar surface area (TPSA) is 87.9 Å². The molecule has 0 unspecified atom stereocenters. The number of aromatic amines is 1. The molecule has 1 N–H and O–H groups in total. The van der Waals surface area contributed by atoms with Crippen LogP contribution in [-0.2, 0) is 0 Å². The fourth-order valence-corrected chi connectivity index (χ4v) is 3.30. The minimum Gasteiger partial charge on any atom is -0.339 e. The predicted octanol–water partition coefficient (Wildman–Crippen LogP) is 3.09. The Bertz CT molecular complexity index is 898. The van der Waals surface area contributed by atoms with E-state index in [9.17, 15) is 4.79 Å². The minimum atomic E-state index is -0.0465. The predicted molar refractivity (Wildman–Crippen MR) is 92.4 cm³/mol. The number of aromatic nitrogens is 4. The van der Waals surface area contributed by atoms with Gasteiger partial charge in [-0.25, -0.2) is 0 Å². The van der Waals surface area contributed by atoms with E-state index in [0.717, 1.165) is 30.3 Å². The van der Waals surface area contributed by atoms with E-state index in [2.05, 4.69) is 20.3 Å². The van der Waals surface area contributed by atoms with Gasteiger partial charge in [0.1, 0.15) is 0 Å². The number of H-pyrrole nitrogens is 1. The quantitative estimate of drug-likeness (QED) is 0.792. The number of benzene rings is 1. The molecule has 25 heavy (non-hydrogen) atoms. The molecular weight excluding hydrogens is 318 g/mol. The summed E-state index contributed by atoms with van der Waals surface area (Å²) in [6.07, 6.45) is 1.88. The molecule has 0 spiro atoms. The van der Waals surface area contributed by atoms with E-state index >= 15 is 0 Å². The van der Waals surface area contributed by atoms with E-state index in [0.29, 0.717) is 24.0 Å². The summed E-state index contributed by atoms with van der Waals surface area (Å²) in [7, 11) is 0. The van der Waals surface area contributed by atoms with E-state index in [4.69, 9.17) is 4.52 Å². The van der Waals surface area contributed by atoms with Crippen molar-refractivity contribution < 1.29 is 9.32 Å². The first-order chi connectivity index (χ1) is 12.1. The maximum Gasteiger partial charge on any atom is 0.275 e. The first-order valence-electron chi connectivity index (χ1n) is 8.69. The van der Waals surface area contributed by atoms with Crippen LogP contribution in [0.15, 0.2) is 28.8 Å². The first-order valence-corrected chi connectivity index (χ1v) is 8.69. The number of para-hydroxylation sites is 1. The van der Waals surface area contributed by atoms with E-state index < -0.39 is 0 Å². The highest BCUT2D eigenvalue weighted by Crippen LogP contribution is 2.27. The maximum atomic E-state index is 12.9. The Kier molecular flexibility index (Phi) is 3.99. The lowest BCUT2D eigenvalue weighted by atomic mass is 9.97. The van der Waals surface area contributed by atoms with Crippen LogP contribution in [0.5, 0.6) is 0 Å². The number of piperidine rings is 1. The molecule has 1 aromatic carbocycles. The molecule has 1 aliphatic heterocycles. The number of carbonyl (C=O) groups excluding carboxylic acids is 1. The lowest BCUT2D eigenvalue weighted by Crippen LogP contribution is -2.39. The normalized spacial score (nSPS) is 18.2. The molecule has 1 amide bonds. The summed E-state index contributed by atoms with van der Waals surface area (Å²) in [5.41, 5.74) is 1.35. The Hall–Kier alpha value is -2.70. The van der Waals surface area contributed by atoms with Gasteiger partial charge in [0.05, 0.1) is 5.52 Å². The van der Waals surface area contributed by atoms with Gasteiger partial charge in [0.15, 0.2) is 11.5 Å². The zero-order valence-corrected chi connectivity index (χ0v) is 14.4. The van der Waals surface area contributed by atoms with Gasteiger partial charge in [-0.05, 0) is 18.9 Å². The van der Waals surface area contributed by atoms with Crippen LogP contribution in [0.4, 0.5) is 0 Å². The molecule has 0 aliphatic carbocycles. The SMILES string of the molecule is CC(C)c1nc([C@H]2CCCN(C(=O)c3n[nH]c4ccccc34)C2)no1. The molecule has 7 nitrogen and oxygen atoms in total. The molecule has 1 aliphatic rings. The minimum absolute atomic E-state index is 0.0465. The summed E-state index contributed by atoms with van der Waals surface area (Å²) in [6, 6.07) is 7.68. The van der Waals surface area contributed by atoms with Crippen LogP contribution in [0.1, 0.15) is 60.7 Å². The van der Waals surface area contributed by atoms with E-state index in [-0.39, 0.29) is 17.7 Å². The largest absolute Gasteiger partial charge is 0.339 e.